The number of hydrogen-bond acceptors (Lipinski definition) is 2. The first-order valence-corrected chi connectivity index (χ1v) is 7.00. The van der Waals surface area contributed by atoms with Crippen LogP contribution in [0, 0.1) is 11.8 Å². The Bertz CT molecular complexity index is 238. The Labute approximate surface area is 106 Å². The van der Waals surface area contributed by atoms with Crippen LogP contribution >= 0.6 is 0 Å². The van der Waals surface area contributed by atoms with Crippen molar-refractivity contribution in [1.29, 1.82) is 0 Å². The second-order valence-corrected chi connectivity index (χ2v) is 6.07. The highest BCUT2D eigenvalue weighted by Gasteiger charge is 2.22. The molecule has 1 aliphatic rings. The van der Waals surface area contributed by atoms with E-state index in [1.54, 1.807) is 0 Å². The van der Waals surface area contributed by atoms with Gasteiger partial charge in [-0.25, -0.2) is 0 Å². The van der Waals surface area contributed by atoms with Crippen LogP contribution in [0.4, 0.5) is 0 Å². The van der Waals surface area contributed by atoms with E-state index in [2.05, 4.69) is 37.9 Å². The fourth-order valence-corrected chi connectivity index (χ4v) is 2.43. The Morgan fingerprint density at radius 3 is 2.59 bits per heavy atom. The van der Waals surface area contributed by atoms with Gasteiger partial charge in [0.1, 0.15) is 0 Å². The van der Waals surface area contributed by atoms with Crippen molar-refractivity contribution in [3.05, 3.63) is 0 Å². The lowest BCUT2D eigenvalue weighted by atomic mass is 10.0. The summed E-state index contributed by atoms with van der Waals surface area (Å²) in [5.74, 6) is 1.48. The molecule has 1 saturated heterocycles. The SMILES string of the molecule is CC(C)CC(=O)N1CCCNC(CC(C)C)C1. The van der Waals surface area contributed by atoms with E-state index in [9.17, 15) is 4.79 Å². The maximum atomic E-state index is 12.1. The molecule has 3 nitrogen and oxygen atoms in total. The third-order valence-electron chi connectivity index (χ3n) is 3.17. The highest BCUT2D eigenvalue weighted by atomic mass is 16.2. The molecule has 1 heterocycles. The molecule has 1 rings (SSSR count). The van der Waals surface area contributed by atoms with Crippen LogP contribution in [0.1, 0.15) is 47.0 Å². The van der Waals surface area contributed by atoms with Gasteiger partial charge in [0.05, 0.1) is 0 Å². The van der Waals surface area contributed by atoms with Gasteiger partial charge in [-0.1, -0.05) is 27.7 Å². The zero-order chi connectivity index (χ0) is 12.8. The van der Waals surface area contributed by atoms with Crippen LogP contribution in [0.3, 0.4) is 0 Å². The fourth-order valence-electron chi connectivity index (χ4n) is 2.43. The van der Waals surface area contributed by atoms with Gasteiger partial charge in [-0.3, -0.25) is 4.79 Å². The molecule has 0 spiro atoms. The van der Waals surface area contributed by atoms with Crippen molar-refractivity contribution in [2.75, 3.05) is 19.6 Å². The maximum Gasteiger partial charge on any atom is 0.222 e. The minimum absolute atomic E-state index is 0.331. The number of hydrogen-bond donors (Lipinski definition) is 1. The summed E-state index contributed by atoms with van der Waals surface area (Å²) in [4.78, 5) is 14.2. The van der Waals surface area contributed by atoms with Gasteiger partial charge in [-0.05, 0) is 31.2 Å². The summed E-state index contributed by atoms with van der Waals surface area (Å²) in [5.41, 5.74) is 0. The molecule has 1 atom stereocenters. The topological polar surface area (TPSA) is 32.3 Å². The monoisotopic (exact) mass is 240 g/mol. The van der Waals surface area contributed by atoms with Crippen molar-refractivity contribution in [2.24, 2.45) is 11.8 Å². The van der Waals surface area contributed by atoms with Crippen molar-refractivity contribution in [1.82, 2.24) is 10.2 Å². The van der Waals surface area contributed by atoms with Gasteiger partial charge in [-0.2, -0.15) is 0 Å². The number of nitrogens with zero attached hydrogens (tertiary/aromatic N) is 1. The molecule has 1 amide bonds. The van der Waals surface area contributed by atoms with Gasteiger partial charge in [-0.15, -0.1) is 0 Å². The van der Waals surface area contributed by atoms with Crippen molar-refractivity contribution in [2.45, 2.75) is 53.0 Å². The number of rotatable bonds is 4. The second-order valence-electron chi connectivity index (χ2n) is 6.07. The lowest BCUT2D eigenvalue weighted by Crippen LogP contribution is -2.41. The Kier molecular flexibility index (Phi) is 5.96. The number of carbonyl (C=O) groups is 1. The summed E-state index contributed by atoms with van der Waals surface area (Å²) < 4.78 is 0. The normalized spacial score (nSPS) is 22.0. The van der Waals surface area contributed by atoms with E-state index in [1.807, 2.05) is 0 Å². The third kappa shape index (κ3) is 5.53. The lowest BCUT2D eigenvalue weighted by Gasteiger charge is -2.26. The smallest absolute Gasteiger partial charge is 0.222 e. The molecule has 3 heteroatoms. The Morgan fingerprint density at radius 1 is 1.29 bits per heavy atom. The predicted octanol–water partition coefficient (Wildman–Crippen LogP) is 2.27. The summed E-state index contributed by atoms with van der Waals surface area (Å²) in [6.07, 6.45) is 2.93. The number of amides is 1. The second kappa shape index (κ2) is 7.00. The fraction of sp³-hybridized carbons (Fsp3) is 0.929. The Balaban J connectivity index is 2.50. The van der Waals surface area contributed by atoms with Gasteiger partial charge in [0.2, 0.25) is 5.91 Å². The maximum absolute atomic E-state index is 12.1. The van der Waals surface area contributed by atoms with E-state index < -0.39 is 0 Å². The van der Waals surface area contributed by atoms with Crippen LogP contribution in [0.15, 0.2) is 0 Å². The molecule has 1 aliphatic heterocycles. The van der Waals surface area contributed by atoms with E-state index in [4.69, 9.17) is 0 Å². The number of carbonyl (C=O) groups excluding carboxylic acids is 1. The van der Waals surface area contributed by atoms with Crippen molar-refractivity contribution in [3.63, 3.8) is 0 Å². The summed E-state index contributed by atoms with van der Waals surface area (Å²) in [5, 5.41) is 3.56. The standard InChI is InChI=1S/C14H28N2O/c1-11(2)8-13-10-16(7-5-6-15-13)14(17)9-12(3)4/h11-13,15H,5-10H2,1-4H3. The molecular formula is C14H28N2O. The molecule has 0 aromatic carbocycles. The van der Waals surface area contributed by atoms with Crippen LogP contribution in [0.25, 0.3) is 0 Å². The lowest BCUT2D eigenvalue weighted by molar-refractivity contribution is -0.132. The molecule has 1 unspecified atom stereocenters. The van der Waals surface area contributed by atoms with Gasteiger partial charge < -0.3 is 10.2 Å². The minimum atomic E-state index is 0.331. The van der Waals surface area contributed by atoms with Gasteiger partial charge in [0, 0.05) is 25.6 Å². The predicted molar refractivity (Wildman–Crippen MR) is 71.9 cm³/mol. The molecule has 0 saturated carbocycles. The zero-order valence-electron chi connectivity index (χ0n) is 11.8. The third-order valence-corrected chi connectivity index (χ3v) is 3.17. The summed E-state index contributed by atoms with van der Waals surface area (Å²) >= 11 is 0. The molecule has 1 fully saturated rings. The summed E-state index contributed by atoms with van der Waals surface area (Å²) in [6.45, 7) is 11.6. The van der Waals surface area contributed by atoms with Crippen molar-refractivity contribution in [3.8, 4) is 0 Å². The average molecular weight is 240 g/mol. The van der Waals surface area contributed by atoms with E-state index in [-0.39, 0.29) is 0 Å². The molecule has 0 aromatic heterocycles. The molecule has 0 aromatic rings. The first kappa shape index (κ1) is 14.5. The summed E-state index contributed by atoms with van der Waals surface area (Å²) in [7, 11) is 0. The van der Waals surface area contributed by atoms with E-state index in [1.165, 1.54) is 0 Å². The molecular weight excluding hydrogens is 212 g/mol. The first-order chi connectivity index (χ1) is 7.99. The van der Waals surface area contributed by atoms with Crippen molar-refractivity contribution >= 4 is 5.91 Å². The molecule has 1 N–H and O–H groups in total. The van der Waals surface area contributed by atoms with Crippen LogP contribution in [0.2, 0.25) is 0 Å². The Morgan fingerprint density at radius 2 is 2.00 bits per heavy atom. The number of nitrogens with one attached hydrogen (secondary N) is 1. The largest absolute Gasteiger partial charge is 0.341 e. The van der Waals surface area contributed by atoms with Crippen molar-refractivity contribution < 1.29 is 4.79 Å². The first-order valence-electron chi connectivity index (χ1n) is 7.00. The average Bonchev–Trinajstić information content (AvgIpc) is 2.41. The van der Waals surface area contributed by atoms with Gasteiger partial charge in [0.15, 0.2) is 0 Å². The molecule has 100 valence electrons. The zero-order valence-corrected chi connectivity index (χ0v) is 11.8. The van der Waals surface area contributed by atoms with E-state index >= 15 is 0 Å². The van der Waals surface area contributed by atoms with E-state index in [0.29, 0.717) is 30.2 Å². The highest BCUT2D eigenvalue weighted by Crippen LogP contribution is 2.12. The highest BCUT2D eigenvalue weighted by molar-refractivity contribution is 5.76. The molecule has 0 aliphatic carbocycles. The molecule has 0 radical (unpaired) electrons. The Hall–Kier alpha value is -0.570. The van der Waals surface area contributed by atoms with Crippen LogP contribution < -0.4 is 5.32 Å². The van der Waals surface area contributed by atoms with E-state index in [0.717, 1.165) is 32.5 Å². The van der Waals surface area contributed by atoms with Crippen LogP contribution in [0.5, 0.6) is 0 Å². The quantitative estimate of drug-likeness (QED) is 0.817. The van der Waals surface area contributed by atoms with Crippen LogP contribution in [-0.4, -0.2) is 36.5 Å². The van der Waals surface area contributed by atoms with Crippen LogP contribution in [-0.2, 0) is 4.79 Å². The minimum Gasteiger partial charge on any atom is -0.341 e. The molecule has 17 heavy (non-hydrogen) atoms. The molecule has 0 bridgehead atoms. The van der Waals surface area contributed by atoms with Gasteiger partial charge in [0.25, 0.3) is 0 Å². The van der Waals surface area contributed by atoms with Gasteiger partial charge >= 0.3 is 0 Å². The summed E-state index contributed by atoms with van der Waals surface area (Å²) in [6, 6.07) is 0.480.